The Morgan fingerprint density at radius 2 is 1.71 bits per heavy atom. The molecule has 2 aromatic carbocycles. The number of rotatable bonds is 5. The Labute approximate surface area is 143 Å². The van der Waals surface area contributed by atoms with Crippen molar-refractivity contribution >= 4 is 27.3 Å². The van der Waals surface area contributed by atoms with Gasteiger partial charge in [-0.3, -0.25) is 9.10 Å². The lowest BCUT2D eigenvalue weighted by Crippen LogP contribution is -2.45. The molecule has 0 bridgehead atoms. The molecule has 1 atom stereocenters. The van der Waals surface area contributed by atoms with E-state index >= 15 is 0 Å². The quantitative estimate of drug-likeness (QED) is 0.905. The topological polar surface area (TPSA) is 66.5 Å². The van der Waals surface area contributed by atoms with Crippen LogP contribution in [0.1, 0.15) is 18.1 Å². The zero-order valence-corrected chi connectivity index (χ0v) is 15.1. The van der Waals surface area contributed by atoms with E-state index in [0.29, 0.717) is 11.4 Å². The summed E-state index contributed by atoms with van der Waals surface area (Å²) in [6.45, 7) is 5.41. The van der Waals surface area contributed by atoms with Gasteiger partial charge in [0.25, 0.3) is 0 Å². The lowest BCUT2D eigenvalue weighted by Gasteiger charge is -2.28. The fourth-order valence-electron chi connectivity index (χ4n) is 2.49. The third-order valence-electron chi connectivity index (χ3n) is 3.75. The lowest BCUT2D eigenvalue weighted by atomic mass is 10.1. The van der Waals surface area contributed by atoms with Crippen LogP contribution in [0.25, 0.3) is 0 Å². The summed E-state index contributed by atoms with van der Waals surface area (Å²) in [6, 6.07) is 13.5. The largest absolute Gasteiger partial charge is 0.324 e. The average molecular weight is 346 g/mol. The highest BCUT2D eigenvalue weighted by molar-refractivity contribution is 7.92. The van der Waals surface area contributed by atoms with E-state index in [9.17, 15) is 13.2 Å². The van der Waals surface area contributed by atoms with Gasteiger partial charge in [0.05, 0.1) is 11.9 Å². The van der Waals surface area contributed by atoms with Crippen LogP contribution in [-0.2, 0) is 14.8 Å². The fraction of sp³-hybridized carbons (Fsp3) is 0.278. The number of nitrogens with zero attached hydrogens (tertiary/aromatic N) is 1. The standard InChI is InChI=1S/C18H22N2O3S/c1-13-10-11-14(2)17(12-13)19-18(21)15(3)20(24(4,22)23)16-8-6-5-7-9-16/h5-12,15H,1-4H3,(H,19,21)/t15-/m0/s1. The van der Waals surface area contributed by atoms with E-state index in [1.54, 1.807) is 37.3 Å². The predicted octanol–water partition coefficient (Wildman–Crippen LogP) is 3.10. The molecule has 24 heavy (non-hydrogen) atoms. The first-order valence-electron chi connectivity index (χ1n) is 7.62. The molecule has 1 N–H and O–H groups in total. The molecule has 0 aromatic heterocycles. The van der Waals surface area contributed by atoms with Gasteiger partial charge in [0.1, 0.15) is 6.04 Å². The Morgan fingerprint density at radius 1 is 1.08 bits per heavy atom. The van der Waals surface area contributed by atoms with Gasteiger partial charge in [-0.25, -0.2) is 8.42 Å². The Balaban J connectivity index is 2.31. The van der Waals surface area contributed by atoms with Gasteiger partial charge in [-0.1, -0.05) is 30.3 Å². The molecule has 0 aliphatic heterocycles. The predicted molar refractivity (Wildman–Crippen MR) is 97.8 cm³/mol. The number of para-hydroxylation sites is 1. The minimum atomic E-state index is -3.60. The van der Waals surface area contributed by atoms with E-state index in [1.807, 2.05) is 32.0 Å². The van der Waals surface area contributed by atoms with Crippen molar-refractivity contribution in [1.29, 1.82) is 0 Å². The van der Waals surface area contributed by atoms with Crippen molar-refractivity contribution in [1.82, 2.24) is 0 Å². The normalized spacial score (nSPS) is 12.5. The van der Waals surface area contributed by atoms with Crippen molar-refractivity contribution < 1.29 is 13.2 Å². The van der Waals surface area contributed by atoms with Crippen molar-refractivity contribution in [2.75, 3.05) is 15.9 Å². The van der Waals surface area contributed by atoms with Gasteiger partial charge in [-0.2, -0.15) is 0 Å². The van der Waals surface area contributed by atoms with Gasteiger partial charge >= 0.3 is 0 Å². The molecular formula is C18H22N2O3S. The molecule has 1 amide bonds. The van der Waals surface area contributed by atoms with Crippen LogP contribution in [0.15, 0.2) is 48.5 Å². The second-order valence-electron chi connectivity index (χ2n) is 5.88. The summed E-state index contributed by atoms with van der Waals surface area (Å²) < 4.78 is 25.5. The smallest absolute Gasteiger partial charge is 0.248 e. The van der Waals surface area contributed by atoms with Gasteiger partial charge in [0, 0.05) is 5.69 Å². The fourth-order valence-corrected chi connectivity index (χ4v) is 3.67. The van der Waals surface area contributed by atoms with Gasteiger partial charge < -0.3 is 5.32 Å². The van der Waals surface area contributed by atoms with Crippen LogP contribution in [0.2, 0.25) is 0 Å². The third-order valence-corrected chi connectivity index (χ3v) is 4.99. The summed E-state index contributed by atoms with van der Waals surface area (Å²) >= 11 is 0. The van der Waals surface area contributed by atoms with Crippen LogP contribution in [0.3, 0.4) is 0 Å². The van der Waals surface area contributed by atoms with E-state index in [0.717, 1.165) is 21.7 Å². The van der Waals surface area contributed by atoms with Gasteiger partial charge in [-0.05, 0) is 50.1 Å². The first-order chi connectivity index (χ1) is 11.2. The Hall–Kier alpha value is -2.34. The molecule has 0 unspecified atom stereocenters. The maximum Gasteiger partial charge on any atom is 0.248 e. The maximum atomic E-state index is 12.6. The number of hydrogen-bond donors (Lipinski definition) is 1. The van der Waals surface area contributed by atoms with Gasteiger partial charge in [-0.15, -0.1) is 0 Å². The van der Waals surface area contributed by atoms with Gasteiger partial charge in [0.2, 0.25) is 15.9 Å². The van der Waals surface area contributed by atoms with E-state index in [1.165, 1.54) is 0 Å². The van der Waals surface area contributed by atoms with Crippen molar-refractivity contribution in [3.63, 3.8) is 0 Å². The summed E-state index contributed by atoms with van der Waals surface area (Å²) in [4.78, 5) is 12.6. The van der Waals surface area contributed by atoms with Crippen molar-refractivity contribution in [3.8, 4) is 0 Å². The Morgan fingerprint density at radius 3 is 2.29 bits per heavy atom. The highest BCUT2D eigenvalue weighted by atomic mass is 32.2. The molecule has 0 heterocycles. The number of hydrogen-bond acceptors (Lipinski definition) is 3. The Kier molecular flexibility index (Phi) is 5.29. The van der Waals surface area contributed by atoms with E-state index in [-0.39, 0.29) is 5.91 Å². The van der Waals surface area contributed by atoms with E-state index in [2.05, 4.69) is 5.32 Å². The number of anilines is 2. The zero-order valence-electron chi connectivity index (χ0n) is 14.3. The molecule has 5 nitrogen and oxygen atoms in total. The second kappa shape index (κ2) is 7.05. The molecule has 0 aliphatic rings. The minimum Gasteiger partial charge on any atom is -0.324 e. The first-order valence-corrected chi connectivity index (χ1v) is 9.47. The zero-order chi connectivity index (χ0) is 17.9. The lowest BCUT2D eigenvalue weighted by molar-refractivity contribution is -0.116. The third kappa shape index (κ3) is 4.14. The van der Waals surface area contributed by atoms with Crippen molar-refractivity contribution in [2.24, 2.45) is 0 Å². The SMILES string of the molecule is Cc1ccc(C)c(NC(=O)[C@H](C)N(c2ccccc2)S(C)(=O)=O)c1. The number of benzene rings is 2. The summed E-state index contributed by atoms with van der Waals surface area (Å²) in [5.41, 5.74) is 3.09. The molecule has 6 heteroatoms. The summed E-state index contributed by atoms with van der Waals surface area (Å²) in [5.74, 6) is -0.377. The van der Waals surface area contributed by atoms with Crippen LogP contribution in [0.5, 0.6) is 0 Å². The summed E-state index contributed by atoms with van der Waals surface area (Å²) in [7, 11) is -3.60. The average Bonchev–Trinajstić information content (AvgIpc) is 2.50. The molecular weight excluding hydrogens is 324 g/mol. The van der Waals surface area contributed by atoms with Crippen LogP contribution < -0.4 is 9.62 Å². The molecule has 0 fully saturated rings. The summed E-state index contributed by atoms with van der Waals surface area (Å²) in [5, 5.41) is 2.83. The van der Waals surface area contributed by atoms with Crippen LogP contribution in [0, 0.1) is 13.8 Å². The minimum absolute atomic E-state index is 0.377. The maximum absolute atomic E-state index is 12.6. The molecule has 0 radical (unpaired) electrons. The first kappa shape index (κ1) is 18.0. The van der Waals surface area contributed by atoms with Crippen molar-refractivity contribution in [2.45, 2.75) is 26.8 Å². The molecule has 0 saturated heterocycles. The molecule has 0 saturated carbocycles. The molecule has 2 rings (SSSR count). The monoisotopic (exact) mass is 346 g/mol. The van der Waals surface area contributed by atoms with E-state index < -0.39 is 16.1 Å². The molecule has 0 spiro atoms. The number of carbonyl (C=O) groups excluding carboxylic acids is 1. The van der Waals surface area contributed by atoms with Crippen LogP contribution >= 0.6 is 0 Å². The highest BCUT2D eigenvalue weighted by Crippen LogP contribution is 2.22. The number of aryl methyl sites for hydroxylation is 2. The van der Waals surface area contributed by atoms with E-state index in [4.69, 9.17) is 0 Å². The molecule has 128 valence electrons. The van der Waals surface area contributed by atoms with Crippen LogP contribution in [0.4, 0.5) is 11.4 Å². The second-order valence-corrected chi connectivity index (χ2v) is 7.74. The van der Waals surface area contributed by atoms with Crippen LogP contribution in [-0.4, -0.2) is 26.6 Å². The highest BCUT2D eigenvalue weighted by Gasteiger charge is 2.29. The Bertz CT molecular complexity index is 833. The number of carbonyl (C=O) groups is 1. The number of amides is 1. The number of sulfonamides is 1. The number of nitrogens with one attached hydrogen (secondary N) is 1. The molecule has 2 aromatic rings. The summed E-state index contributed by atoms with van der Waals surface area (Å²) in [6.07, 6.45) is 1.10. The molecule has 0 aliphatic carbocycles. The van der Waals surface area contributed by atoms with Crippen molar-refractivity contribution in [3.05, 3.63) is 59.7 Å². The van der Waals surface area contributed by atoms with Gasteiger partial charge in [0.15, 0.2) is 0 Å².